The maximum atomic E-state index is 13.5. The van der Waals surface area contributed by atoms with Gasteiger partial charge in [0, 0.05) is 31.0 Å². The first-order valence-corrected chi connectivity index (χ1v) is 11.4. The molecule has 0 atom stereocenters. The molecule has 2 heterocycles. The highest BCUT2D eigenvalue weighted by molar-refractivity contribution is 5.95. The number of benzene rings is 1. The number of aromatic hydroxyl groups is 1. The summed E-state index contributed by atoms with van der Waals surface area (Å²) in [6, 6.07) is 3.20. The zero-order chi connectivity index (χ0) is 24.8. The number of aromatic nitrogens is 2. The van der Waals surface area contributed by atoms with E-state index in [1.807, 2.05) is 13.8 Å². The molecule has 2 aromatic rings. The van der Waals surface area contributed by atoms with Gasteiger partial charge in [-0.1, -0.05) is 18.9 Å². The van der Waals surface area contributed by atoms with Gasteiger partial charge in [-0.2, -0.15) is 18.2 Å². The maximum Gasteiger partial charge on any atom is 0.416 e. The van der Waals surface area contributed by atoms with E-state index in [9.17, 15) is 32.3 Å². The number of carbonyl (C=O) groups excluding carboxylic acids is 1. The Morgan fingerprint density at radius 3 is 2.38 bits per heavy atom. The molecule has 1 aromatic heterocycles. The summed E-state index contributed by atoms with van der Waals surface area (Å²) in [5.74, 6) is -0.965. The molecule has 184 valence electrons. The van der Waals surface area contributed by atoms with E-state index in [1.54, 1.807) is 4.90 Å². The number of alkyl halides is 4. The van der Waals surface area contributed by atoms with E-state index in [1.165, 1.54) is 10.6 Å². The van der Waals surface area contributed by atoms with Gasteiger partial charge < -0.3 is 14.6 Å². The summed E-state index contributed by atoms with van der Waals surface area (Å²) < 4.78 is 55.6. The summed E-state index contributed by atoms with van der Waals surface area (Å²) in [6.07, 6.45) is -1.92. The summed E-state index contributed by atoms with van der Waals surface area (Å²) in [7, 11) is 0. The van der Waals surface area contributed by atoms with Gasteiger partial charge in [0.1, 0.15) is 12.5 Å². The largest absolute Gasteiger partial charge is 0.501 e. The molecule has 34 heavy (non-hydrogen) atoms. The number of hydrogen-bond acceptors (Lipinski definition) is 4. The molecule has 6 nitrogen and oxygen atoms in total. The fourth-order valence-corrected chi connectivity index (χ4v) is 5.28. The molecule has 10 heteroatoms. The van der Waals surface area contributed by atoms with Crippen LogP contribution in [0.2, 0.25) is 0 Å². The van der Waals surface area contributed by atoms with Crippen molar-refractivity contribution in [2.75, 3.05) is 6.54 Å². The van der Waals surface area contributed by atoms with E-state index in [0.29, 0.717) is 31.5 Å². The van der Waals surface area contributed by atoms with Crippen LogP contribution in [-0.4, -0.2) is 38.1 Å². The molecule has 0 radical (unpaired) electrons. The zero-order valence-corrected chi connectivity index (χ0v) is 19.1. The van der Waals surface area contributed by atoms with Gasteiger partial charge in [0.2, 0.25) is 5.75 Å². The van der Waals surface area contributed by atoms with Crippen LogP contribution in [0.5, 0.6) is 5.75 Å². The van der Waals surface area contributed by atoms with Crippen molar-refractivity contribution in [2.24, 2.45) is 0 Å². The summed E-state index contributed by atoms with van der Waals surface area (Å²) in [6.45, 7) is 3.27. The van der Waals surface area contributed by atoms with Crippen molar-refractivity contribution >= 4 is 5.91 Å². The van der Waals surface area contributed by atoms with Gasteiger partial charge in [0.05, 0.1) is 5.56 Å². The first-order chi connectivity index (χ1) is 16.0. The second-order valence-electron chi connectivity index (χ2n) is 9.49. The topological polar surface area (TPSA) is 75.4 Å². The maximum absolute atomic E-state index is 13.5. The molecule has 0 unspecified atom stereocenters. The lowest BCUT2D eigenvalue weighted by Gasteiger charge is -2.36. The average molecular weight is 481 g/mol. The third kappa shape index (κ3) is 4.18. The molecule has 0 saturated heterocycles. The third-order valence-corrected chi connectivity index (χ3v) is 7.03. The van der Waals surface area contributed by atoms with E-state index in [0.717, 1.165) is 25.0 Å². The Morgan fingerprint density at radius 1 is 1.12 bits per heavy atom. The number of amides is 1. The molecule has 1 N–H and O–H groups in total. The summed E-state index contributed by atoms with van der Waals surface area (Å²) in [5, 5.41) is 10.4. The van der Waals surface area contributed by atoms with Crippen molar-refractivity contribution in [1.82, 2.24) is 14.5 Å². The van der Waals surface area contributed by atoms with Crippen molar-refractivity contribution in [2.45, 2.75) is 76.8 Å². The molecule has 1 fully saturated rings. The first-order valence-electron chi connectivity index (χ1n) is 11.4. The van der Waals surface area contributed by atoms with Crippen molar-refractivity contribution < 1.29 is 27.5 Å². The normalized spacial score (nSPS) is 18.0. The molecule has 1 aromatic carbocycles. The highest BCUT2D eigenvalue weighted by Crippen LogP contribution is 2.45. The zero-order valence-electron chi connectivity index (χ0n) is 19.1. The predicted octanol–water partition coefficient (Wildman–Crippen LogP) is 4.36. The standard InChI is InChI=1S/C24H27F4N3O3/c1-14(2)30-7-8-31-18(29-21(33)20(32)19(31)22(30)34)12-23(5-3-4-6-23)16-9-15(13-25)10-17(11-16)24(26,27)28/h9-11,14,32H,3-8,12-13H2,1-2H3. The Morgan fingerprint density at radius 2 is 1.79 bits per heavy atom. The number of halogens is 4. The number of rotatable bonds is 5. The van der Waals surface area contributed by atoms with Gasteiger partial charge in [-0.3, -0.25) is 9.59 Å². The molecular weight excluding hydrogens is 454 g/mol. The number of fused-ring (bicyclic) bond motifs is 1. The Balaban J connectivity index is 1.84. The molecule has 1 saturated carbocycles. The fraction of sp³-hybridized carbons (Fsp3) is 0.542. The van der Waals surface area contributed by atoms with Crippen LogP contribution in [0.1, 0.15) is 72.5 Å². The molecule has 2 aliphatic rings. The molecule has 4 rings (SSSR count). The van der Waals surface area contributed by atoms with Crippen LogP contribution < -0.4 is 5.56 Å². The van der Waals surface area contributed by atoms with Gasteiger partial charge in [0.25, 0.3) is 5.91 Å². The van der Waals surface area contributed by atoms with Crippen molar-refractivity contribution in [3.63, 3.8) is 0 Å². The Bertz CT molecular complexity index is 1170. The highest BCUT2D eigenvalue weighted by atomic mass is 19.4. The number of nitrogens with zero attached hydrogens (tertiary/aromatic N) is 3. The van der Waals surface area contributed by atoms with Gasteiger partial charge >= 0.3 is 11.7 Å². The molecule has 0 spiro atoms. The van der Waals surface area contributed by atoms with Crippen LogP contribution >= 0.6 is 0 Å². The molecule has 1 aliphatic heterocycles. The molecule has 1 amide bonds. The van der Waals surface area contributed by atoms with Crippen LogP contribution in [-0.2, 0) is 31.2 Å². The van der Waals surface area contributed by atoms with Crippen molar-refractivity contribution in [3.8, 4) is 5.75 Å². The molecular formula is C24H27F4N3O3. The van der Waals surface area contributed by atoms with Gasteiger partial charge in [-0.05, 0) is 49.9 Å². The Labute approximate surface area is 194 Å². The van der Waals surface area contributed by atoms with Gasteiger partial charge in [0.15, 0.2) is 5.69 Å². The second-order valence-corrected chi connectivity index (χ2v) is 9.49. The van der Waals surface area contributed by atoms with E-state index >= 15 is 0 Å². The fourth-order valence-electron chi connectivity index (χ4n) is 5.28. The summed E-state index contributed by atoms with van der Waals surface area (Å²) in [5.41, 5.74) is -2.49. The van der Waals surface area contributed by atoms with Crippen LogP contribution in [0, 0.1) is 0 Å². The smallest absolute Gasteiger partial charge is 0.416 e. The van der Waals surface area contributed by atoms with Crippen molar-refractivity contribution in [3.05, 3.63) is 56.8 Å². The van der Waals surface area contributed by atoms with E-state index in [4.69, 9.17) is 0 Å². The minimum Gasteiger partial charge on any atom is -0.501 e. The predicted molar refractivity (Wildman–Crippen MR) is 116 cm³/mol. The first kappa shape index (κ1) is 24.2. The van der Waals surface area contributed by atoms with Crippen LogP contribution in [0.15, 0.2) is 23.0 Å². The average Bonchev–Trinajstić information content (AvgIpc) is 3.25. The minimum atomic E-state index is -4.63. The minimum absolute atomic E-state index is 0.0586. The second kappa shape index (κ2) is 8.70. The molecule has 1 aliphatic carbocycles. The van der Waals surface area contributed by atoms with Crippen LogP contribution in [0.25, 0.3) is 0 Å². The van der Waals surface area contributed by atoms with Gasteiger partial charge in [-0.15, -0.1) is 0 Å². The van der Waals surface area contributed by atoms with Gasteiger partial charge in [-0.25, -0.2) is 4.39 Å². The summed E-state index contributed by atoms with van der Waals surface area (Å²) >= 11 is 0. The molecule has 0 bridgehead atoms. The Hall–Kier alpha value is -2.91. The SMILES string of the molecule is CC(C)N1CCn2c(CC3(c4cc(CF)cc(C(F)(F)F)c4)CCCC3)nc(=O)c(O)c2C1=O. The monoisotopic (exact) mass is 481 g/mol. The van der Waals surface area contributed by atoms with Crippen LogP contribution in [0.4, 0.5) is 17.6 Å². The Kier molecular flexibility index (Phi) is 6.20. The quantitative estimate of drug-likeness (QED) is 0.645. The van der Waals surface area contributed by atoms with E-state index in [2.05, 4.69) is 4.98 Å². The lowest BCUT2D eigenvalue weighted by Crippen LogP contribution is -2.47. The third-order valence-electron chi connectivity index (χ3n) is 7.03. The lowest BCUT2D eigenvalue weighted by molar-refractivity contribution is -0.137. The highest BCUT2D eigenvalue weighted by Gasteiger charge is 2.41. The lowest BCUT2D eigenvalue weighted by atomic mass is 9.74. The number of hydrogen-bond donors (Lipinski definition) is 1. The van der Waals surface area contributed by atoms with Crippen LogP contribution in [0.3, 0.4) is 0 Å². The van der Waals surface area contributed by atoms with Crippen molar-refractivity contribution in [1.29, 1.82) is 0 Å². The summed E-state index contributed by atoms with van der Waals surface area (Å²) in [4.78, 5) is 31.1. The van der Waals surface area contributed by atoms with E-state index in [-0.39, 0.29) is 29.5 Å². The number of carbonyl (C=O) groups is 1. The van der Waals surface area contributed by atoms with E-state index < -0.39 is 41.0 Å².